The topological polar surface area (TPSA) is 74.0 Å². The largest absolute Gasteiger partial charge is 0.381 e. The highest BCUT2D eigenvalue weighted by molar-refractivity contribution is 5.90. The SMILES string of the molecule is Cc1cnc(C2CCOCC2)n1CCNC(=O)c1nccn1C. The van der Waals surface area contributed by atoms with E-state index in [9.17, 15) is 4.79 Å². The molecule has 0 radical (unpaired) electrons. The number of aryl methyl sites for hydroxylation is 2. The second-order valence-corrected chi connectivity index (χ2v) is 5.91. The summed E-state index contributed by atoms with van der Waals surface area (Å²) in [6.07, 6.45) is 7.31. The second kappa shape index (κ2) is 6.95. The van der Waals surface area contributed by atoms with E-state index >= 15 is 0 Å². The predicted octanol–water partition coefficient (Wildman–Crippen LogP) is 1.25. The van der Waals surface area contributed by atoms with E-state index in [1.165, 1.54) is 0 Å². The van der Waals surface area contributed by atoms with Gasteiger partial charge in [0.25, 0.3) is 5.91 Å². The summed E-state index contributed by atoms with van der Waals surface area (Å²) < 4.78 is 9.35. The summed E-state index contributed by atoms with van der Waals surface area (Å²) in [5.41, 5.74) is 1.12. The van der Waals surface area contributed by atoms with Crippen molar-refractivity contribution < 1.29 is 9.53 Å². The maximum Gasteiger partial charge on any atom is 0.287 e. The predicted molar refractivity (Wildman–Crippen MR) is 85.3 cm³/mol. The molecule has 0 aromatic carbocycles. The lowest BCUT2D eigenvalue weighted by molar-refractivity contribution is 0.0827. The summed E-state index contributed by atoms with van der Waals surface area (Å²) in [6, 6.07) is 0. The summed E-state index contributed by atoms with van der Waals surface area (Å²) in [6.45, 7) is 4.92. The van der Waals surface area contributed by atoms with Crippen LogP contribution in [0.25, 0.3) is 0 Å². The number of aromatic nitrogens is 4. The van der Waals surface area contributed by atoms with Crippen molar-refractivity contribution in [2.45, 2.75) is 32.2 Å². The van der Waals surface area contributed by atoms with E-state index in [1.807, 2.05) is 13.2 Å². The molecule has 124 valence electrons. The molecular weight excluding hydrogens is 294 g/mol. The molecule has 2 aromatic heterocycles. The zero-order valence-corrected chi connectivity index (χ0v) is 13.7. The van der Waals surface area contributed by atoms with Crippen LogP contribution < -0.4 is 5.32 Å². The van der Waals surface area contributed by atoms with Crippen LogP contribution in [-0.2, 0) is 18.3 Å². The average molecular weight is 317 g/mol. The number of ether oxygens (including phenoxy) is 1. The summed E-state index contributed by atoms with van der Waals surface area (Å²) in [5.74, 6) is 1.83. The smallest absolute Gasteiger partial charge is 0.287 e. The van der Waals surface area contributed by atoms with Crippen molar-refractivity contribution in [3.05, 3.63) is 35.9 Å². The zero-order chi connectivity index (χ0) is 16.2. The second-order valence-electron chi connectivity index (χ2n) is 5.91. The van der Waals surface area contributed by atoms with E-state index in [-0.39, 0.29) is 5.91 Å². The number of imidazole rings is 2. The van der Waals surface area contributed by atoms with Gasteiger partial charge in [-0.15, -0.1) is 0 Å². The Morgan fingerprint density at radius 2 is 2.17 bits per heavy atom. The molecule has 23 heavy (non-hydrogen) atoms. The van der Waals surface area contributed by atoms with Gasteiger partial charge in [-0.05, 0) is 19.8 Å². The van der Waals surface area contributed by atoms with Crippen LogP contribution >= 0.6 is 0 Å². The Labute approximate surface area is 135 Å². The lowest BCUT2D eigenvalue weighted by Gasteiger charge is -2.23. The molecule has 0 bridgehead atoms. The van der Waals surface area contributed by atoms with Crippen LogP contribution in [0.5, 0.6) is 0 Å². The first-order chi connectivity index (χ1) is 11.2. The highest BCUT2D eigenvalue weighted by Gasteiger charge is 2.21. The number of hydrogen-bond donors (Lipinski definition) is 1. The van der Waals surface area contributed by atoms with Crippen LogP contribution in [0.15, 0.2) is 18.6 Å². The van der Waals surface area contributed by atoms with Crippen molar-refractivity contribution in [2.24, 2.45) is 7.05 Å². The first-order valence-corrected chi connectivity index (χ1v) is 8.02. The normalized spacial score (nSPS) is 15.7. The third kappa shape index (κ3) is 3.44. The van der Waals surface area contributed by atoms with Crippen molar-refractivity contribution in [2.75, 3.05) is 19.8 Å². The summed E-state index contributed by atoms with van der Waals surface area (Å²) in [7, 11) is 1.81. The van der Waals surface area contributed by atoms with Crippen molar-refractivity contribution >= 4 is 5.91 Å². The monoisotopic (exact) mass is 317 g/mol. The van der Waals surface area contributed by atoms with Gasteiger partial charge in [-0.25, -0.2) is 9.97 Å². The van der Waals surface area contributed by atoms with Gasteiger partial charge in [-0.3, -0.25) is 4.79 Å². The van der Waals surface area contributed by atoms with Gasteiger partial charge in [0.15, 0.2) is 5.82 Å². The molecule has 1 aliphatic heterocycles. The van der Waals surface area contributed by atoms with Crippen LogP contribution in [0.2, 0.25) is 0 Å². The number of nitrogens with zero attached hydrogens (tertiary/aromatic N) is 4. The summed E-state index contributed by atoms with van der Waals surface area (Å²) in [5, 5.41) is 2.93. The minimum absolute atomic E-state index is 0.150. The van der Waals surface area contributed by atoms with E-state index in [0.717, 1.165) is 37.6 Å². The Hall–Kier alpha value is -2.15. The lowest BCUT2D eigenvalue weighted by Crippen LogP contribution is -2.30. The molecule has 0 unspecified atom stereocenters. The van der Waals surface area contributed by atoms with Gasteiger partial charge in [0, 0.05) is 63.6 Å². The third-order valence-electron chi connectivity index (χ3n) is 4.32. The summed E-state index contributed by atoms with van der Waals surface area (Å²) >= 11 is 0. The highest BCUT2D eigenvalue weighted by Crippen LogP contribution is 2.26. The molecule has 0 aliphatic carbocycles. The van der Waals surface area contributed by atoms with Gasteiger partial charge in [0.1, 0.15) is 5.82 Å². The maximum atomic E-state index is 12.1. The maximum absolute atomic E-state index is 12.1. The van der Waals surface area contributed by atoms with E-state index < -0.39 is 0 Å². The molecule has 1 saturated heterocycles. The molecule has 1 fully saturated rings. The van der Waals surface area contributed by atoms with E-state index in [0.29, 0.717) is 24.8 Å². The average Bonchev–Trinajstić information content (AvgIpc) is 3.15. The minimum Gasteiger partial charge on any atom is -0.381 e. The van der Waals surface area contributed by atoms with Crippen LogP contribution in [0, 0.1) is 6.92 Å². The molecule has 3 heterocycles. The molecule has 1 N–H and O–H groups in total. The number of amides is 1. The molecule has 0 saturated carbocycles. The van der Waals surface area contributed by atoms with Crippen LogP contribution in [0.4, 0.5) is 0 Å². The molecule has 0 spiro atoms. The standard InChI is InChI=1S/C16H23N5O2/c1-12-11-19-14(13-3-9-23-10-4-13)21(12)8-6-18-16(22)15-17-5-7-20(15)2/h5,7,11,13H,3-4,6,8-10H2,1-2H3,(H,18,22). The van der Waals surface area contributed by atoms with Crippen molar-refractivity contribution in [1.82, 2.24) is 24.4 Å². The molecule has 7 heteroatoms. The van der Waals surface area contributed by atoms with Gasteiger partial charge in [-0.2, -0.15) is 0 Å². The molecule has 2 aromatic rings. The quantitative estimate of drug-likeness (QED) is 0.900. The number of hydrogen-bond acceptors (Lipinski definition) is 4. The third-order valence-corrected chi connectivity index (χ3v) is 4.32. The van der Waals surface area contributed by atoms with Crippen LogP contribution in [-0.4, -0.2) is 44.8 Å². The van der Waals surface area contributed by atoms with Crippen molar-refractivity contribution in [3.63, 3.8) is 0 Å². The van der Waals surface area contributed by atoms with E-state index in [2.05, 4.69) is 26.8 Å². The van der Waals surface area contributed by atoms with Crippen LogP contribution in [0.3, 0.4) is 0 Å². The lowest BCUT2D eigenvalue weighted by atomic mass is 9.99. The summed E-state index contributed by atoms with van der Waals surface area (Å²) in [4.78, 5) is 20.7. The van der Waals surface area contributed by atoms with Gasteiger partial charge in [0.2, 0.25) is 0 Å². The Morgan fingerprint density at radius 1 is 1.39 bits per heavy atom. The fourth-order valence-corrected chi connectivity index (χ4v) is 3.00. The van der Waals surface area contributed by atoms with Crippen molar-refractivity contribution in [1.29, 1.82) is 0 Å². The van der Waals surface area contributed by atoms with Gasteiger partial charge in [-0.1, -0.05) is 0 Å². The van der Waals surface area contributed by atoms with Gasteiger partial charge < -0.3 is 19.2 Å². The fourth-order valence-electron chi connectivity index (χ4n) is 3.00. The molecular formula is C16H23N5O2. The first kappa shape index (κ1) is 15.7. The molecule has 1 amide bonds. The molecule has 3 rings (SSSR count). The zero-order valence-electron chi connectivity index (χ0n) is 13.7. The fraction of sp³-hybridized carbons (Fsp3) is 0.562. The molecule has 7 nitrogen and oxygen atoms in total. The van der Waals surface area contributed by atoms with E-state index in [1.54, 1.807) is 17.0 Å². The Balaban J connectivity index is 1.61. The van der Waals surface area contributed by atoms with Gasteiger partial charge in [0.05, 0.1) is 0 Å². The number of rotatable bonds is 5. The molecule has 1 aliphatic rings. The van der Waals surface area contributed by atoms with E-state index in [4.69, 9.17) is 4.74 Å². The number of carbonyl (C=O) groups is 1. The molecule has 0 atom stereocenters. The minimum atomic E-state index is -0.150. The first-order valence-electron chi connectivity index (χ1n) is 8.02. The Bertz CT molecular complexity index is 670. The van der Waals surface area contributed by atoms with Crippen LogP contribution in [0.1, 0.15) is 40.9 Å². The Morgan fingerprint density at radius 3 is 2.87 bits per heavy atom. The van der Waals surface area contributed by atoms with Gasteiger partial charge >= 0.3 is 0 Å². The Kier molecular flexibility index (Phi) is 4.76. The number of carbonyl (C=O) groups excluding carboxylic acids is 1. The van der Waals surface area contributed by atoms with Crippen molar-refractivity contribution in [3.8, 4) is 0 Å². The highest BCUT2D eigenvalue weighted by atomic mass is 16.5. The number of nitrogens with one attached hydrogen (secondary N) is 1.